The van der Waals surface area contributed by atoms with E-state index in [9.17, 15) is 0 Å². The third-order valence-electron chi connectivity index (χ3n) is 3.33. The number of thioether (sulfide) groups is 1. The molecule has 2 heterocycles. The van der Waals surface area contributed by atoms with Crippen LogP contribution in [0.3, 0.4) is 0 Å². The van der Waals surface area contributed by atoms with E-state index >= 15 is 0 Å². The topological polar surface area (TPSA) is 27.6 Å². The fourth-order valence-corrected chi connectivity index (χ4v) is 3.34. The maximum Gasteiger partial charge on any atom is 0.156 e. The quantitative estimate of drug-likeness (QED) is 0.746. The molecule has 0 aromatic carbocycles. The molecular formula is C12H23N3S. The minimum absolute atomic E-state index is 0.655. The summed E-state index contributed by atoms with van der Waals surface area (Å²) in [6.07, 6.45) is 5.20. The van der Waals surface area contributed by atoms with Gasteiger partial charge in [0.05, 0.1) is 0 Å². The van der Waals surface area contributed by atoms with Gasteiger partial charge < -0.3 is 10.2 Å². The fourth-order valence-electron chi connectivity index (χ4n) is 2.23. The van der Waals surface area contributed by atoms with Gasteiger partial charge in [-0.25, -0.2) is 0 Å². The van der Waals surface area contributed by atoms with Crippen LogP contribution in [-0.4, -0.2) is 48.0 Å². The Kier molecular flexibility index (Phi) is 4.97. The predicted molar refractivity (Wildman–Crippen MR) is 72.3 cm³/mol. The molecule has 0 saturated carbocycles. The summed E-state index contributed by atoms with van der Waals surface area (Å²) >= 11 is 1.88. The van der Waals surface area contributed by atoms with Crippen LogP contribution in [0.15, 0.2) is 4.99 Å². The molecule has 0 amide bonds. The van der Waals surface area contributed by atoms with Crippen molar-refractivity contribution in [3.8, 4) is 0 Å². The van der Waals surface area contributed by atoms with E-state index in [0.717, 1.165) is 6.54 Å². The Morgan fingerprint density at radius 1 is 1.44 bits per heavy atom. The van der Waals surface area contributed by atoms with Crippen molar-refractivity contribution in [2.45, 2.75) is 38.6 Å². The van der Waals surface area contributed by atoms with Gasteiger partial charge in [-0.2, -0.15) is 0 Å². The predicted octanol–water partition coefficient (Wildman–Crippen LogP) is 1.94. The number of amidine groups is 1. The average molecular weight is 241 g/mol. The van der Waals surface area contributed by atoms with Crippen molar-refractivity contribution in [3.63, 3.8) is 0 Å². The molecule has 0 spiro atoms. The second kappa shape index (κ2) is 6.50. The van der Waals surface area contributed by atoms with Crippen LogP contribution in [0.5, 0.6) is 0 Å². The van der Waals surface area contributed by atoms with Gasteiger partial charge in [0, 0.05) is 18.3 Å². The largest absolute Gasteiger partial charge is 0.361 e. The number of hydrogen-bond acceptors (Lipinski definition) is 3. The summed E-state index contributed by atoms with van der Waals surface area (Å²) in [5.41, 5.74) is 0. The Labute approximate surface area is 103 Å². The molecule has 0 bridgehead atoms. The number of hydrogen-bond donors (Lipinski definition) is 1. The van der Waals surface area contributed by atoms with Crippen molar-refractivity contribution in [3.05, 3.63) is 0 Å². The van der Waals surface area contributed by atoms with Crippen LogP contribution in [0, 0.1) is 0 Å². The standard InChI is InChI=1S/C12H23N3S/c1-2-11-10-16-12(14-11)13-6-5-9-15-7-3-4-8-15/h11H,2-10H2,1H3,(H,13,14). The molecule has 2 rings (SSSR count). The van der Waals surface area contributed by atoms with Gasteiger partial charge in [-0.05, 0) is 45.3 Å². The summed E-state index contributed by atoms with van der Waals surface area (Å²) in [4.78, 5) is 7.18. The van der Waals surface area contributed by atoms with E-state index in [4.69, 9.17) is 0 Å². The lowest BCUT2D eigenvalue weighted by atomic mass is 10.3. The Hall–Kier alpha value is -0.220. The van der Waals surface area contributed by atoms with E-state index in [-0.39, 0.29) is 0 Å². The molecule has 92 valence electrons. The van der Waals surface area contributed by atoms with Crippen molar-refractivity contribution in [1.29, 1.82) is 0 Å². The van der Waals surface area contributed by atoms with Crippen molar-refractivity contribution >= 4 is 16.9 Å². The molecule has 2 saturated heterocycles. The summed E-state index contributed by atoms with van der Waals surface area (Å²) in [5, 5.41) is 4.64. The molecule has 2 aliphatic heterocycles. The Morgan fingerprint density at radius 2 is 2.25 bits per heavy atom. The molecule has 2 aliphatic rings. The first-order valence-electron chi connectivity index (χ1n) is 6.54. The van der Waals surface area contributed by atoms with Gasteiger partial charge in [-0.1, -0.05) is 18.7 Å². The lowest BCUT2D eigenvalue weighted by Gasteiger charge is -2.12. The highest BCUT2D eigenvalue weighted by atomic mass is 32.2. The van der Waals surface area contributed by atoms with Gasteiger partial charge in [0.25, 0.3) is 0 Å². The monoisotopic (exact) mass is 241 g/mol. The van der Waals surface area contributed by atoms with Crippen LogP contribution in [0.1, 0.15) is 32.6 Å². The number of nitrogens with zero attached hydrogens (tertiary/aromatic N) is 2. The van der Waals surface area contributed by atoms with E-state index in [0.29, 0.717) is 6.04 Å². The molecule has 0 radical (unpaired) electrons. The van der Waals surface area contributed by atoms with Crippen LogP contribution in [-0.2, 0) is 0 Å². The SMILES string of the molecule is CCC1CSC(=NCCCN2CCCC2)N1. The van der Waals surface area contributed by atoms with Crippen LogP contribution in [0.25, 0.3) is 0 Å². The number of nitrogens with one attached hydrogen (secondary N) is 1. The molecule has 4 heteroatoms. The zero-order valence-electron chi connectivity index (χ0n) is 10.2. The zero-order valence-corrected chi connectivity index (χ0v) is 11.1. The lowest BCUT2D eigenvalue weighted by Crippen LogP contribution is -2.26. The normalized spacial score (nSPS) is 28.8. The molecule has 1 N–H and O–H groups in total. The van der Waals surface area contributed by atoms with E-state index < -0.39 is 0 Å². The number of aliphatic imine (C=N–C) groups is 1. The zero-order chi connectivity index (χ0) is 11.2. The average Bonchev–Trinajstić information content (AvgIpc) is 2.95. The minimum Gasteiger partial charge on any atom is -0.361 e. The van der Waals surface area contributed by atoms with E-state index in [1.807, 2.05) is 11.8 Å². The lowest BCUT2D eigenvalue weighted by molar-refractivity contribution is 0.336. The minimum atomic E-state index is 0.655. The first kappa shape index (κ1) is 12.2. The first-order valence-corrected chi connectivity index (χ1v) is 7.53. The third kappa shape index (κ3) is 3.67. The van der Waals surface area contributed by atoms with Crippen LogP contribution in [0.4, 0.5) is 0 Å². The van der Waals surface area contributed by atoms with Gasteiger partial charge >= 0.3 is 0 Å². The Bertz CT molecular complexity index is 236. The molecule has 1 atom stereocenters. The van der Waals surface area contributed by atoms with Gasteiger partial charge in [-0.15, -0.1) is 0 Å². The van der Waals surface area contributed by atoms with Crippen LogP contribution in [0.2, 0.25) is 0 Å². The Balaban J connectivity index is 1.58. The first-order chi connectivity index (χ1) is 7.88. The van der Waals surface area contributed by atoms with E-state index in [2.05, 4.69) is 22.1 Å². The fraction of sp³-hybridized carbons (Fsp3) is 0.917. The summed E-state index contributed by atoms with van der Waals surface area (Å²) in [5.74, 6) is 1.20. The van der Waals surface area contributed by atoms with Crippen LogP contribution >= 0.6 is 11.8 Å². The second-order valence-corrected chi connectivity index (χ2v) is 5.66. The second-order valence-electron chi connectivity index (χ2n) is 4.65. The highest BCUT2D eigenvalue weighted by Crippen LogP contribution is 2.15. The van der Waals surface area contributed by atoms with Gasteiger partial charge in [0.2, 0.25) is 0 Å². The van der Waals surface area contributed by atoms with Gasteiger partial charge in [-0.3, -0.25) is 4.99 Å². The molecule has 3 nitrogen and oxygen atoms in total. The molecule has 0 aliphatic carbocycles. The summed E-state index contributed by atoms with van der Waals surface area (Å²) in [6.45, 7) is 7.07. The van der Waals surface area contributed by atoms with Crippen molar-refractivity contribution in [2.75, 3.05) is 31.9 Å². The maximum absolute atomic E-state index is 4.62. The van der Waals surface area contributed by atoms with Crippen LogP contribution < -0.4 is 5.32 Å². The summed E-state index contributed by atoms with van der Waals surface area (Å²) in [6, 6.07) is 0.655. The smallest absolute Gasteiger partial charge is 0.156 e. The molecule has 2 fully saturated rings. The Morgan fingerprint density at radius 3 is 2.94 bits per heavy atom. The van der Waals surface area contributed by atoms with E-state index in [1.165, 1.54) is 56.2 Å². The molecule has 16 heavy (non-hydrogen) atoms. The van der Waals surface area contributed by atoms with Crippen molar-refractivity contribution in [1.82, 2.24) is 10.2 Å². The van der Waals surface area contributed by atoms with E-state index in [1.54, 1.807) is 0 Å². The third-order valence-corrected chi connectivity index (χ3v) is 4.42. The molecular weight excluding hydrogens is 218 g/mol. The summed E-state index contributed by atoms with van der Waals surface area (Å²) in [7, 11) is 0. The van der Waals surface area contributed by atoms with Crippen molar-refractivity contribution in [2.24, 2.45) is 4.99 Å². The number of likely N-dealkylation sites (tertiary alicyclic amines) is 1. The molecule has 1 unspecified atom stereocenters. The number of rotatable bonds is 5. The highest BCUT2D eigenvalue weighted by molar-refractivity contribution is 8.14. The highest BCUT2D eigenvalue weighted by Gasteiger charge is 2.17. The van der Waals surface area contributed by atoms with Gasteiger partial charge in [0.1, 0.15) is 0 Å². The van der Waals surface area contributed by atoms with Gasteiger partial charge in [0.15, 0.2) is 5.17 Å². The molecule has 0 aromatic rings. The molecule has 0 aromatic heterocycles. The van der Waals surface area contributed by atoms with Crippen molar-refractivity contribution < 1.29 is 0 Å². The maximum atomic E-state index is 4.62. The summed E-state index contributed by atoms with van der Waals surface area (Å²) < 4.78 is 0.